The topological polar surface area (TPSA) is 224 Å². The van der Waals surface area contributed by atoms with Crippen LogP contribution in [0.1, 0.15) is 115 Å². The average Bonchev–Trinajstić information content (AvgIpc) is 3.21. The Morgan fingerprint density at radius 3 is 0.847 bits per heavy atom. The van der Waals surface area contributed by atoms with Crippen molar-refractivity contribution >= 4 is 106 Å². The molecule has 4 aliphatic rings. The second-order valence-corrected chi connectivity index (χ2v) is 15.2. The van der Waals surface area contributed by atoms with E-state index in [-0.39, 0.29) is 90.6 Å². The molecule has 59 heavy (non-hydrogen) atoms. The molecule has 8 amide bonds. The lowest BCUT2D eigenvalue weighted by Crippen LogP contribution is -2.51. The van der Waals surface area contributed by atoms with Crippen LogP contribution >= 0.6 is 25.3 Å². The number of unbranched alkanes of at least 4 members (excludes halogenated alkanes) is 4. The Balaban J connectivity index is 0.899. The lowest BCUT2D eigenvalue weighted by Gasteiger charge is -2.33. The van der Waals surface area contributed by atoms with Crippen molar-refractivity contribution in [1.29, 1.82) is 0 Å². The third kappa shape index (κ3) is 5.83. The van der Waals surface area contributed by atoms with Gasteiger partial charge in [-0.25, -0.2) is 9.59 Å². The van der Waals surface area contributed by atoms with Gasteiger partial charge in [-0.05, 0) is 61.4 Å². The summed E-state index contributed by atoms with van der Waals surface area (Å²) in [5, 5.41) is 19.8. The van der Waals surface area contributed by atoms with Crippen LogP contribution in [-0.2, 0) is 9.59 Å². The minimum absolute atomic E-state index is 0.00148. The highest BCUT2D eigenvalue weighted by Crippen LogP contribution is 2.40. The number of nitrogens with zero attached hydrogens (tertiary/aromatic N) is 4. The summed E-state index contributed by atoms with van der Waals surface area (Å²) in [5.74, 6) is -9.26. The summed E-state index contributed by atoms with van der Waals surface area (Å²) in [6.45, 7) is 0.163. The third-order valence-corrected chi connectivity index (χ3v) is 12.0. The van der Waals surface area contributed by atoms with Gasteiger partial charge in [-0.3, -0.25) is 58.0 Å². The van der Waals surface area contributed by atoms with E-state index in [4.69, 9.17) is 0 Å². The number of thiol groups is 2. The van der Waals surface area contributed by atoms with E-state index in [1.807, 2.05) is 0 Å². The van der Waals surface area contributed by atoms with Gasteiger partial charge >= 0.3 is 11.9 Å². The van der Waals surface area contributed by atoms with Crippen molar-refractivity contribution < 1.29 is 58.2 Å². The molecule has 300 valence electrons. The number of carboxylic acid groups (broad SMARTS) is 2. The predicted octanol–water partition coefficient (Wildman–Crippen LogP) is 3.79. The number of amides is 8. The van der Waals surface area contributed by atoms with Crippen LogP contribution in [0.5, 0.6) is 0 Å². The molecule has 16 nitrogen and oxygen atoms in total. The van der Waals surface area contributed by atoms with E-state index in [0.717, 1.165) is 9.80 Å². The highest BCUT2D eigenvalue weighted by atomic mass is 32.1. The number of imide groups is 4. The van der Waals surface area contributed by atoms with Crippen LogP contribution in [0.4, 0.5) is 0 Å². The Kier molecular flexibility index (Phi) is 9.87. The summed E-state index contributed by atoms with van der Waals surface area (Å²) in [4.78, 5) is 135. The van der Waals surface area contributed by atoms with Crippen LogP contribution in [-0.4, -0.2) is 126 Å². The van der Waals surface area contributed by atoms with E-state index in [1.54, 1.807) is 0 Å². The molecule has 8 rings (SSSR count). The number of hydrogen-bond donors (Lipinski definition) is 4. The van der Waals surface area contributed by atoms with E-state index in [2.05, 4.69) is 25.3 Å². The van der Waals surface area contributed by atoms with Crippen molar-refractivity contribution in [2.24, 2.45) is 0 Å². The number of carbonyl (C=O) groups excluding carboxylic acids is 8. The van der Waals surface area contributed by atoms with E-state index in [0.29, 0.717) is 41.9 Å². The van der Waals surface area contributed by atoms with Gasteiger partial charge in [-0.1, -0.05) is 19.3 Å². The monoisotopic (exact) mass is 836 g/mol. The lowest BCUT2D eigenvalue weighted by molar-refractivity contribution is -0.141. The fraction of sp³-hybridized carbons (Fsp3) is 0.268. The number of aliphatic carboxylic acids is 2. The Bertz CT molecular complexity index is 2370. The van der Waals surface area contributed by atoms with Gasteiger partial charge < -0.3 is 10.2 Å². The Hall–Kier alpha value is -6.40. The number of benzene rings is 4. The molecule has 0 fully saturated rings. The normalized spacial score (nSPS) is 16.8. The van der Waals surface area contributed by atoms with Gasteiger partial charge in [0.25, 0.3) is 47.3 Å². The molecule has 4 aromatic carbocycles. The van der Waals surface area contributed by atoms with Crippen molar-refractivity contribution in [2.45, 2.75) is 44.2 Å². The lowest BCUT2D eigenvalue weighted by atomic mass is 9.85. The molecule has 0 aliphatic carbocycles. The first-order valence-electron chi connectivity index (χ1n) is 18.6. The summed E-state index contributed by atoms with van der Waals surface area (Å²) in [7, 11) is 0. The maximum Gasteiger partial charge on any atom is 0.327 e. The third-order valence-electron chi connectivity index (χ3n) is 11.3. The van der Waals surface area contributed by atoms with Gasteiger partial charge in [0, 0.05) is 90.6 Å². The molecule has 2 atom stereocenters. The molecule has 0 radical (unpaired) electrons. The van der Waals surface area contributed by atoms with Crippen molar-refractivity contribution in [3.63, 3.8) is 0 Å². The Morgan fingerprint density at radius 1 is 0.407 bits per heavy atom. The first-order valence-corrected chi connectivity index (χ1v) is 19.9. The number of rotatable bonds is 14. The summed E-state index contributed by atoms with van der Waals surface area (Å²) in [5.41, 5.74) is 0.548. The molecule has 4 aliphatic heterocycles. The van der Waals surface area contributed by atoms with Gasteiger partial charge in [-0.15, -0.1) is 0 Å². The number of hydrogen-bond acceptors (Lipinski definition) is 12. The minimum atomic E-state index is -1.52. The molecule has 0 aromatic heterocycles. The van der Waals surface area contributed by atoms with Crippen molar-refractivity contribution in [1.82, 2.24) is 19.6 Å². The zero-order valence-electron chi connectivity index (χ0n) is 30.8. The predicted molar refractivity (Wildman–Crippen MR) is 213 cm³/mol. The molecular weight excluding hydrogens is 805 g/mol. The molecule has 0 bridgehead atoms. The molecule has 18 heteroatoms. The van der Waals surface area contributed by atoms with Crippen LogP contribution in [0.3, 0.4) is 0 Å². The summed E-state index contributed by atoms with van der Waals surface area (Å²) in [6.07, 6.45) is 2.71. The van der Waals surface area contributed by atoms with Crippen molar-refractivity contribution in [3.05, 3.63) is 93.0 Å². The van der Waals surface area contributed by atoms with E-state index < -0.39 is 71.3 Å². The van der Waals surface area contributed by atoms with Crippen LogP contribution in [0.15, 0.2) is 48.5 Å². The zero-order chi connectivity index (χ0) is 42.2. The molecule has 4 heterocycles. The standard InChI is InChI=1S/C41H32N4O12S2/c46-32-18-6-10-22-30-23(37(51)44(36(22)50)26(16-58)40(54)55)11-7-19(28(18)30)33(47)42(32)14-4-2-1-3-5-15-43-34(48)20-8-12-24-31-25(13-9-21(29(20)31)35(43)49)39(53)45(38(24)52)27(17-59)41(56)57/h6-13,26-27,58-59H,1-5,14-17H2,(H,54,55)(H,56,57)/t26-,27-/m0/s1. The van der Waals surface area contributed by atoms with Crippen LogP contribution in [0.2, 0.25) is 0 Å². The van der Waals surface area contributed by atoms with Gasteiger partial charge in [0.1, 0.15) is 12.1 Å². The zero-order valence-corrected chi connectivity index (χ0v) is 32.6. The molecule has 0 spiro atoms. The maximum atomic E-state index is 13.6. The van der Waals surface area contributed by atoms with E-state index in [9.17, 15) is 58.2 Å². The fourth-order valence-electron chi connectivity index (χ4n) is 8.47. The first-order chi connectivity index (χ1) is 28.2. The minimum Gasteiger partial charge on any atom is -0.480 e. The Morgan fingerprint density at radius 2 is 0.627 bits per heavy atom. The molecule has 4 aromatic rings. The quantitative estimate of drug-likeness (QED) is 0.0809. The van der Waals surface area contributed by atoms with Crippen LogP contribution in [0.25, 0.3) is 21.5 Å². The molecule has 0 saturated heterocycles. The number of carboxylic acids is 2. The highest BCUT2D eigenvalue weighted by Gasteiger charge is 2.45. The van der Waals surface area contributed by atoms with Crippen molar-refractivity contribution in [3.8, 4) is 0 Å². The van der Waals surface area contributed by atoms with Crippen LogP contribution in [0, 0.1) is 0 Å². The molecule has 0 saturated carbocycles. The molecular formula is C41H32N4O12S2. The summed E-state index contributed by atoms with van der Waals surface area (Å²) < 4.78 is 0. The highest BCUT2D eigenvalue weighted by molar-refractivity contribution is 7.80. The largest absolute Gasteiger partial charge is 0.480 e. The maximum absolute atomic E-state index is 13.6. The van der Waals surface area contributed by atoms with Crippen LogP contribution < -0.4 is 0 Å². The van der Waals surface area contributed by atoms with Gasteiger partial charge in [0.15, 0.2) is 0 Å². The first kappa shape index (κ1) is 39.4. The second-order valence-electron chi connectivity index (χ2n) is 14.5. The summed E-state index contributed by atoms with van der Waals surface area (Å²) >= 11 is 8.02. The fourth-order valence-corrected chi connectivity index (χ4v) is 9.11. The van der Waals surface area contributed by atoms with E-state index >= 15 is 0 Å². The van der Waals surface area contributed by atoms with Gasteiger partial charge in [0.2, 0.25) is 0 Å². The van der Waals surface area contributed by atoms with Crippen molar-refractivity contribution in [2.75, 3.05) is 24.6 Å². The smallest absolute Gasteiger partial charge is 0.327 e. The van der Waals surface area contributed by atoms with E-state index in [1.165, 1.54) is 48.5 Å². The van der Waals surface area contributed by atoms with Gasteiger partial charge in [-0.2, -0.15) is 25.3 Å². The second kappa shape index (κ2) is 14.8. The average molecular weight is 837 g/mol. The SMILES string of the molecule is O=C(O)[C@H](CS)N1C(=O)c2ccc3c4c(ccc(c24)C1=O)C(=O)N(CCCCCCCN1C(=O)c2ccc4c5c(ccc(c25)C1=O)C(=O)N([C@@H](CS)C(=O)O)C4=O)C3=O. The number of carbonyl (C=O) groups is 10. The van der Waals surface area contributed by atoms with Gasteiger partial charge in [0.05, 0.1) is 0 Å². The molecule has 0 unspecified atom stereocenters. The molecule has 2 N–H and O–H groups in total. The summed E-state index contributed by atoms with van der Waals surface area (Å²) in [6, 6.07) is 8.00. The Labute approximate surface area is 344 Å².